The van der Waals surface area contributed by atoms with Gasteiger partial charge in [-0.1, -0.05) is 24.3 Å². The highest BCUT2D eigenvalue weighted by Crippen LogP contribution is 2.16. The minimum atomic E-state index is 0.0590. The molecule has 0 spiro atoms. The Labute approximate surface area is 68.4 Å². The lowest BCUT2D eigenvalue weighted by atomic mass is 9.88. The Morgan fingerprint density at radius 2 is 2.00 bits per heavy atom. The second-order valence-corrected chi connectivity index (χ2v) is 3.04. The van der Waals surface area contributed by atoms with Gasteiger partial charge < -0.3 is 10.6 Å². The van der Waals surface area contributed by atoms with Crippen LogP contribution in [0.5, 0.6) is 0 Å². The molecule has 2 N–H and O–H groups in total. The van der Waals surface area contributed by atoms with Gasteiger partial charge in [-0.2, -0.15) is 0 Å². The molecule has 0 radical (unpaired) electrons. The third-order valence-corrected chi connectivity index (χ3v) is 2.35. The Balaban J connectivity index is 2.77. The number of hydrogen-bond acceptors (Lipinski definition) is 2. The van der Waals surface area contributed by atoms with Crippen LogP contribution in [-0.4, -0.2) is 25.7 Å². The van der Waals surface area contributed by atoms with E-state index in [9.17, 15) is 0 Å². The molecule has 0 amide bonds. The van der Waals surface area contributed by atoms with Crippen LogP contribution in [0.15, 0.2) is 24.3 Å². The zero-order chi connectivity index (χ0) is 8.32. The summed E-state index contributed by atoms with van der Waals surface area (Å²) in [7, 11) is 3.96. The minimum absolute atomic E-state index is 0.0590. The molecule has 0 bridgehead atoms. The van der Waals surface area contributed by atoms with Gasteiger partial charge in [0.25, 0.3) is 0 Å². The van der Waals surface area contributed by atoms with E-state index < -0.39 is 0 Å². The molecule has 0 aromatic heterocycles. The van der Waals surface area contributed by atoms with Gasteiger partial charge in [-0.25, -0.2) is 0 Å². The molecule has 62 valence electrons. The summed E-state index contributed by atoms with van der Waals surface area (Å²) in [6.45, 7) is 2.17. The fourth-order valence-corrected chi connectivity index (χ4v) is 1.37. The van der Waals surface area contributed by atoms with E-state index in [1.165, 1.54) is 0 Å². The summed E-state index contributed by atoms with van der Waals surface area (Å²) in [5.41, 5.74) is 0.0590. The van der Waals surface area contributed by atoms with Gasteiger partial charge in [0, 0.05) is 6.04 Å². The molecule has 2 atom stereocenters. The fourth-order valence-electron chi connectivity index (χ4n) is 1.37. The standard InChI is InChI=1S/C9H16N2/c1-9(11-3)7-5-4-6-8(9)10-2/h4-8,10-11H,1-3H3/t8?,9-/m1/s1. The van der Waals surface area contributed by atoms with E-state index >= 15 is 0 Å². The molecule has 11 heavy (non-hydrogen) atoms. The van der Waals surface area contributed by atoms with E-state index in [0.717, 1.165) is 0 Å². The third kappa shape index (κ3) is 1.52. The lowest BCUT2D eigenvalue weighted by Gasteiger charge is -2.34. The zero-order valence-corrected chi connectivity index (χ0v) is 7.39. The summed E-state index contributed by atoms with van der Waals surface area (Å²) >= 11 is 0. The molecule has 1 rings (SSSR count). The Morgan fingerprint density at radius 3 is 2.45 bits per heavy atom. The van der Waals surface area contributed by atoms with E-state index in [4.69, 9.17) is 0 Å². The predicted molar refractivity (Wildman–Crippen MR) is 48.6 cm³/mol. The number of rotatable bonds is 2. The van der Waals surface area contributed by atoms with Crippen LogP contribution in [0.2, 0.25) is 0 Å². The first-order valence-corrected chi connectivity index (χ1v) is 3.95. The van der Waals surface area contributed by atoms with Gasteiger partial charge in [-0.15, -0.1) is 0 Å². The quantitative estimate of drug-likeness (QED) is 0.608. The Bertz CT molecular complexity index is 184. The van der Waals surface area contributed by atoms with Gasteiger partial charge in [0.2, 0.25) is 0 Å². The molecule has 0 saturated carbocycles. The maximum Gasteiger partial charge on any atom is 0.0528 e. The third-order valence-electron chi connectivity index (χ3n) is 2.35. The smallest absolute Gasteiger partial charge is 0.0528 e. The number of allylic oxidation sites excluding steroid dienone is 2. The monoisotopic (exact) mass is 152 g/mol. The van der Waals surface area contributed by atoms with Crippen LogP contribution in [0, 0.1) is 0 Å². The van der Waals surface area contributed by atoms with Crippen LogP contribution in [0.3, 0.4) is 0 Å². The Morgan fingerprint density at radius 1 is 1.27 bits per heavy atom. The van der Waals surface area contributed by atoms with Gasteiger partial charge in [0.15, 0.2) is 0 Å². The first-order valence-electron chi connectivity index (χ1n) is 3.95. The van der Waals surface area contributed by atoms with Crippen molar-refractivity contribution in [2.24, 2.45) is 0 Å². The number of nitrogens with one attached hydrogen (secondary N) is 2. The molecular weight excluding hydrogens is 136 g/mol. The van der Waals surface area contributed by atoms with Gasteiger partial charge in [0.05, 0.1) is 5.54 Å². The lowest BCUT2D eigenvalue weighted by molar-refractivity contribution is 0.389. The summed E-state index contributed by atoms with van der Waals surface area (Å²) in [5, 5.41) is 6.53. The maximum absolute atomic E-state index is 3.28. The summed E-state index contributed by atoms with van der Waals surface area (Å²) in [6.07, 6.45) is 8.48. The lowest BCUT2D eigenvalue weighted by Crippen LogP contribution is -2.54. The van der Waals surface area contributed by atoms with Crippen LogP contribution in [0.4, 0.5) is 0 Å². The van der Waals surface area contributed by atoms with E-state index in [0.29, 0.717) is 6.04 Å². The van der Waals surface area contributed by atoms with Crippen molar-refractivity contribution in [2.45, 2.75) is 18.5 Å². The van der Waals surface area contributed by atoms with Crippen molar-refractivity contribution in [3.8, 4) is 0 Å². The van der Waals surface area contributed by atoms with Crippen molar-refractivity contribution < 1.29 is 0 Å². The molecule has 0 aromatic carbocycles. The zero-order valence-electron chi connectivity index (χ0n) is 7.39. The van der Waals surface area contributed by atoms with Crippen LogP contribution in [-0.2, 0) is 0 Å². The van der Waals surface area contributed by atoms with Crippen molar-refractivity contribution in [3.05, 3.63) is 24.3 Å². The summed E-state index contributed by atoms with van der Waals surface area (Å²) in [5.74, 6) is 0. The van der Waals surface area contributed by atoms with Gasteiger partial charge in [-0.05, 0) is 21.0 Å². The first kappa shape index (κ1) is 8.50. The highest BCUT2D eigenvalue weighted by Gasteiger charge is 2.27. The SMILES string of the molecule is CNC1C=CC=C[C@@]1(C)NC. The van der Waals surface area contributed by atoms with E-state index in [2.05, 4.69) is 41.9 Å². The average Bonchev–Trinajstić information content (AvgIpc) is 2.05. The van der Waals surface area contributed by atoms with Crippen molar-refractivity contribution in [1.82, 2.24) is 10.6 Å². The maximum atomic E-state index is 3.28. The topological polar surface area (TPSA) is 24.1 Å². The van der Waals surface area contributed by atoms with Crippen molar-refractivity contribution in [3.63, 3.8) is 0 Å². The van der Waals surface area contributed by atoms with Crippen LogP contribution in [0.25, 0.3) is 0 Å². The van der Waals surface area contributed by atoms with Gasteiger partial charge >= 0.3 is 0 Å². The van der Waals surface area contributed by atoms with Gasteiger partial charge in [-0.3, -0.25) is 0 Å². The van der Waals surface area contributed by atoms with Crippen molar-refractivity contribution in [1.29, 1.82) is 0 Å². The van der Waals surface area contributed by atoms with Crippen LogP contribution in [0.1, 0.15) is 6.92 Å². The Kier molecular flexibility index (Phi) is 2.47. The van der Waals surface area contributed by atoms with E-state index in [1.807, 2.05) is 14.1 Å². The molecule has 1 aliphatic carbocycles. The first-order chi connectivity index (χ1) is 5.23. The molecular formula is C9H16N2. The highest BCUT2D eigenvalue weighted by molar-refractivity contribution is 5.25. The predicted octanol–water partition coefficient (Wildman–Crippen LogP) is 0.678. The molecule has 0 aromatic rings. The van der Waals surface area contributed by atoms with Crippen LogP contribution >= 0.6 is 0 Å². The molecule has 0 aliphatic heterocycles. The largest absolute Gasteiger partial charge is 0.312 e. The fraction of sp³-hybridized carbons (Fsp3) is 0.556. The van der Waals surface area contributed by atoms with Crippen molar-refractivity contribution >= 4 is 0 Å². The molecule has 1 unspecified atom stereocenters. The summed E-state index contributed by atoms with van der Waals surface area (Å²) < 4.78 is 0. The number of likely N-dealkylation sites (N-methyl/N-ethyl adjacent to an activating group) is 2. The minimum Gasteiger partial charge on any atom is -0.312 e. The van der Waals surface area contributed by atoms with Gasteiger partial charge in [0.1, 0.15) is 0 Å². The molecule has 0 heterocycles. The normalized spacial score (nSPS) is 36.1. The van der Waals surface area contributed by atoms with E-state index in [1.54, 1.807) is 0 Å². The highest BCUT2D eigenvalue weighted by atomic mass is 15.0. The second kappa shape index (κ2) is 3.20. The average molecular weight is 152 g/mol. The Hall–Kier alpha value is -0.600. The molecule has 2 heteroatoms. The molecule has 0 saturated heterocycles. The van der Waals surface area contributed by atoms with E-state index in [-0.39, 0.29) is 5.54 Å². The second-order valence-electron chi connectivity index (χ2n) is 3.04. The van der Waals surface area contributed by atoms with Crippen molar-refractivity contribution in [2.75, 3.05) is 14.1 Å². The summed E-state index contributed by atoms with van der Waals surface area (Å²) in [6, 6.07) is 0.387. The molecule has 0 fully saturated rings. The number of hydrogen-bond donors (Lipinski definition) is 2. The molecule has 2 nitrogen and oxygen atoms in total. The summed E-state index contributed by atoms with van der Waals surface area (Å²) in [4.78, 5) is 0. The van der Waals surface area contributed by atoms with Crippen LogP contribution < -0.4 is 10.6 Å². The molecule has 1 aliphatic rings.